The van der Waals surface area contributed by atoms with Crippen LogP contribution in [0.25, 0.3) is 0 Å². The lowest BCUT2D eigenvalue weighted by Gasteiger charge is -2.10. The summed E-state index contributed by atoms with van der Waals surface area (Å²) in [5, 5.41) is 19.8. The van der Waals surface area contributed by atoms with Crippen LogP contribution in [-0.4, -0.2) is 21.8 Å². The van der Waals surface area contributed by atoms with Gasteiger partial charge in [0.05, 0.1) is 5.56 Å². The summed E-state index contributed by atoms with van der Waals surface area (Å²) in [6.07, 6.45) is 0.318. The number of rotatable bonds is 5. The molecule has 0 bridgehead atoms. The summed E-state index contributed by atoms with van der Waals surface area (Å²) in [6, 6.07) is 11.5. The number of carbonyl (C=O) groups is 2. The minimum Gasteiger partial charge on any atom is -0.508 e. The molecule has 0 amide bonds. The SMILES string of the molecule is CC(=O)c1ccc(O)c(CCC(=O)c2ccccc2)c1O. The van der Waals surface area contributed by atoms with Crippen molar-refractivity contribution in [2.75, 3.05) is 0 Å². The number of aromatic hydroxyl groups is 2. The molecule has 0 saturated heterocycles. The van der Waals surface area contributed by atoms with E-state index in [0.717, 1.165) is 0 Å². The van der Waals surface area contributed by atoms with E-state index in [0.29, 0.717) is 5.56 Å². The zero-order valence-electron chi connectivity index (χ0n) is 11.7. The van der Waals surface area contributed by atoms with E-state index in [-0.39, 0.29) is 47.0 Å². The fourth-order valence-electron chi connectivity index (χ4n) is 2.16. The summed E-state index contributed by atoms with van der Waals surface area (Å²) in [5.74, 6) is -0.729. The summed E-state index contributed by atoms with van der Waals surface area (Å²) in [5.41, 5.74) is 0.959. The average Bonchev–Trinajstić information content (AvgIpc) is 2.47. The second-order valence-corrected chi connectivity index (χ2v) is 4.80. The lowest BCUT2D eigenvalue weighted by Crippen LogP contribution is -2.03. The summed E-state index contributed by atoms with van der Waals surface area (Å²) >= 11 is 0. The highest BCUT2D eigenvalue weighted by atomic mass is 16.3. The number of phenolic OH excluding ortho intramolecular Hbond substituents is 2. The van der Waals surface area contributed by atoms with Crippen molar-refractivity contribution in [2.45, 2.75) is 19.8 Å². The van der Waals surface area contributed by atoms with Crippen LogP contribution in [0.2, 0.25) is 0 Å². The van der Waals surface area contributed by atoms with Crippen molar-refractivity contribution in [1.82, 2.24) is 0 Å². The fraction of sp³-hybridized carbons (Fsp3) is 0.176. The van der Waals surface area contributed by atoms with Gasteiger partial charge in [-0.1, -0.05) is 30.3 Å². The molecule has 0 fully saturated rings. The van der Waals surface area contributed by atoms with Crippen LogP contribution in [0.5, 0.6) is 11.5 Å². The first kappa shape index (κ1) is 14.8. The minimum atomic E-state index is -0.289. The topological polar surface area (TPSA) is 74.6 Å². The maximum Gasteiger partial charge on any atom is 0.163 e. The maximum atomic E-state index is 12.0. The van der Waals surface area contributed by atoms with Crippen molar-refractivity contribution in [2.24, 2.45) is 0 Å². The van der Waals surface area contributed by atoms with Crippen LogP contribution in [0, 0.1) is 0 Å². The maximum absolute atomic E-state index is 12.0. The molecule has 2 aromatic carbocycles. The van der Waals surface area contributed by atoms with Crippen LogP contribution in [0.1, 0.15) is 39.6 Å². The van der Waals surface area contributed by atoms with Crippen molar-refractivity contribution in [1.29, 1.82) is 0 Å². The van der Waals surface area contributed by atoms with Crippen LogP contribution >= 0.6 is 0 Å². The number of phenols is 2. The third-order valence-corrected chi connectivity index (χ3v) is 3.34. The third-order valence-electron chi connectivity index (χ3n) is 3.34. The molecule has 21 heavy (non-hydrogen) atoms. The average molecular weight is 284 g/mol. The number of carbonyl (C=O) groups excluding carboxylic acids is 2. The molecule has 108 valence electrons. The van der Waals surface area contributed by atoms with Crippen LogP contribution in [0.15, 0.2) is 42.5 Å². The van der Waals surface area contributed by atoms with E-state index < -0.39 is 0 Å². The standard InChI is InChI=1S/C17H16O4/c1-11(18)13-7-10-16(20)14(17(13)21)8-9-15(19)12-5-3-2-4-6-12/h2-7,10,20-21H,8-9H2,1H3. The predicted molar refractivity (Wildman–Crippen MR) is 78.9 cm³/mol. The Morgan fingerprint density at radius 3 is 2.29 bits per heavy atom. The van der Waals surface area contributed by atoms with Gasteiger partial charge in [0.25, 0.3) is 0 Å². The second-order valence-electron chi connectivity index (χ2n) is 4.80. The monoisotopic (exact) mass is 284 g/mol. The summed E-state index contributed by atoms with van der Waals surface area (Å²) in [6.45, 7) is 1.34. The van der Waals surface area contributed by atoms with Gasteiger partial charge in [-0.2, -0.15) is 0 Å². The molecule has 4 heteroatoms. The highest BCUT2D eigenvalue weighted by molar-refractivity contribution is 5.98. The number of hydrogen-bond acceptors (Lipinski definition) is 4. The Hall–Kier alpha value is -2.62. The molecule has 0 spiro atoms. The van der Waals surface area contributed by atoms with Gasteiger partial charge < -0.3 is 10.2 Å². The molecular formula is C17H16O4. The van der Waals surface area contributed by atoms with Gasteiger partial charge in [0.2, 0.25) is 0 Å². The van der Waals surface area contributed by atoms with Crippen molar-refractivity contribution in [3.63, 3.8) is 0 Å². The second kappa shape index (κ2) is 6.22. The molecule has 0 unspecified atom stereocenters. The van der Waals surface area contributed by atoms with E-state index in [2.05, 4.69) is 0 Å². The molecule has 4 nitrogen and oxygen atoms in total. The molecule has 0 saturated carbocycles. The normalized spacial score (nSPS) is 10.3. The van der Waals surface area contributed by atoms with Gasteiger partial charge in [-0.15, -0.1) is 0 Å². The molecule has 0 heterocycles. The van der Waals surface area contributed by atoms with E-state index in [1.165, 1.54) is 19.1 Å². The van der Waals surface area contributed by atoms with Crippen LogP contribution in [-0.2, 0) is 6.42 Å². The summed E-state index contributed by atoms with van der Waals surface area (Å²) in [4.78, 5) is 23.4. The fourth-order valence-corrected chi connectivity index (χ4v) is 2.16. The highest BCUT2D eigenvalue weighted by Gasteiger charge is 2.16. The van der Waals surface area contributed by atoms with Crippen molar-refractivity contribution in [3.8, 4) is 11.5 Å². The first-order valence-electron chi connectivity index (χ1n) is 6.63. The van der Waals surface area contributed by atoms with E-state index in [1.807, 2.05) is 6.07 Å². The summed E-state index contributed by atoms with van der Waals surface area (Å²) < 4.78 is 0. The van der Waals surface area contributed by atoms with Gasteiger partial charge in [0, 0.05) is 17.5 Å². The zero-order chi connectivity index (χ0) is 15.4. The Balaban J connectivity index is 2.19. The molecule has 0 aliphatic rings. The molecule has 0 aliphatic heterocycles. The number of ketones is 2. The van der Waals surface area contributed by atoms with Gasteiger partial charge in [0.15, 0.2) is 11.6 Å². The molecule has 2 rings (SSSR count). The predicted octanol–water partition coefficient (Wildman–Crippen LogP) is 3.12. The van der Waals surface area contributed by atoms with E-state index >= 15 is 0 Å². The first-order chi connectivity index (χ1) is 10.0. The van der Waals surface area contributed by atoms with Crippen molar-refractivity contribution in [3.05, 3.63) is 59.2 Å². The lowest BCUT2D eigenvalue weighted by atomic mass is 9.98. The molecule has 0 radical (unpaired) electrons. The van der Waals surface area contributed by atoms with Gasteiger partial charge in [-0.3, -0.25) is 9.59 Å². The zero-order valence-corrected chi connectivity index (χ0v) is 11.7. The number of hydrogen-bond donors (Lipinski definition) is 2. The quantitative estimate of drug-likeness (QED) is 0.827. The van der Waals surface area contributed by atoms with Crippen molar-refractivity contribution < 1.29 is 19.8 Å². The van der Waals surface area contributed by atoms with Crippen LogP contribution < -0.4 is 0 Å². The molecule has 0 aliphatic carbocycles. The Morgan fingerprint density at radius 2 is 1.67 bits per heavy atom. The lowest BCUT2D eigenvalue weighted by molar-refractivity contribution is 0.0981. The third kappa shape index (κ3) is 3.28. The Morgan fingerprint density at radius 1 is 1.00 bits per heavy atom. The van der Waals surface area contributed by atoms with Crippen LogP contribution in [0.4, 0.5) is 0 Å². The number of Topliss-reactive ketones (excluding diaryl/α,β-unsaturated/α-hetero) is 2. The number of benzene rings is 2. The highest BCUT2D eigenvalue weighted by Crippen LogP contribution is 2.32. The Kier molecular flexibility index (Phi) is 4.38. The molecule has 0 aromatic heterocycles. The smallest absolute Gasteiger partial charge is 0.163 e. The van der Waals surface area contributed by atoms with E-state index in [9.17, 15) is 19.8 Å². The largest absolute Gasteiger partial charge is 0.508 e. The van der Waals surface area contributed by atoms with Crippen molar-refractivity contribution >= 4 is 11.6 Å². The van der Waals surface area contributed by atoms with E-state index in [4.69, 9.17) is 0 Å². The van der Waals surface area contributed by atoms with Gasteiger partial charge in [-0.25, -0.2) is 0 Å². The Labute approximate surface area is 122 Å². The van der Waals surface area contributed by atoms with Gasteiger partial charge >= 0.3 is 0 Å². The van der Waals surface area contributed by atoms with Crippen LogP contribution in [0.3, 0.4) is 0 Å². The minimum absolute atomic E-state index is 0.0809. The van der Waals surface area contributed by atoms with E-state index in [1.54, 1.807) is 24.3 Å². The molecule has 2 aromatic rings. The molecular weight excluding hydrogens is 268 g/mol. The Bertz CT molecular complexity index is 675. The van der Waals surface area contributed by atoms with Gasteiger partial charge in [-0.05, 0) is 25.5 Å². The first-order valence-corrected chi connectivity index (χ1v) is 6.63. The molecule has 2 N–H and O–H groups in total. The summed E-state index contributed by atoms with van der Waals surface area (Å²) in [7, 11) is 0. The molecule has 0 atom stereocenters. The van der Waals surface area contributed by atoms with Gasteiger partial charge in [0.1, 0.15) is 11.5 Å².